The number of piperidine rings is 1. The predicted molar refractivity (Wildman–Crippen MR) is 96.6 cm³/mol. The zero-order chi connectivity index (χ0) is 16.5. The number of carbonyl (C=O) groups is 1. The first-order chi connectivity index (χ1) is 11.3. The van der Waals surface area contributed by atoms with Gasteiger partial charge in [-0.3, -0.25) is 4.79 Å². The second-order valence-electron chi connectivity index (χ2n) is 5.79. The van der Waals surface area contributed by atoms with E-state index in [2.05, 4.69) is 30.3 Å². The normalized spacial score (nSPS) is 14.8. The summed E-state index contributed by atoms with van der Waals surface area (Å²) in [6, 6.07) is 20.3. The lowest BCUT2D eigenvalue weighted by Gasteiger charge is -2.32. The molecule has 0 aliphatic carbocycles. The van der Waals surface area contributed by atoms with Crippen LogP contribution in [-0.4, -0.2) is 23.9 Å². The molecular weight excluding hydrogens is 282 g/mol. The second-order valence-corrected chi connectivity index (χ2v) is 5.79. The smallest absolute Gasteiger partial charge is 0.253 e. The molecule has 2 aromatic carbocycles. The molecule has 2 aromatic rings. The Hall–Kier alpha value is -2.09. The van der Waals surface area contributed by atoms with E-state index < -0.39 is 0 Å². The molecule has 1 aliphatic rings. The highest BCUT2D eigenvalue weighted by atomic mass is 16.2. The Morgan fingerprint density at radius 3 is 2.00 bits per heavy atom. The van der Waals surface area contributed by atoms with Gasteiger partial charge in [-0.25, -0.2) is 0 Å². The summed E-state index contributed by atoms with van der Waals surface area (Å²) in [7, 11) is 0. The summed E-state index contributed by atoms with van der Waals surface area (Å²) in [5, 5.41) is 0. The first kappa shape index (κ1) is 17.3. The summed E-state index contributed by atoms with van der Waals surface area (Å²) in [5.41, 5.74) is 2.21. The van der Waals surface area contributed by atoms with Gasteiger partial charge in [0.1, 0.15) is 0 Å². The maximum absolute atomic E-state index is 12.4. The highest BCUT2D eigenvalue weighted by Crippen LogP contribution is 2.22. The zero-order valence-corrected chi connectivity index (χ0v) is 14.2. The van der Waals surface area contributed by atoms with E-state index in [0.717, 1.165) is 37.9 Å². The fourth-order valence-electron chi connectivity index (χ4n) is 3.05. The molecule has 0 bridgehead atoms. The monoisotopic (exact) mass is 309 g/mol. The Morgan fingerprint density at radius 1 is 0.913 bits per heavy atom. The molecule has 2 heteroatoms. The number of amides is 1. The predicted octanol–water partition coefficient (Wildman–Crippen LogP) is 4.81. The fourth-order valence-corrected chi connectivity index (χ4v) is 3.05. The molecular formula is C21H27NO. The Kier molecular flexibility index (Phi) is 6.86. The molecule has 0 unspecified atom stereocenters. The standard InChI is InChI=1S/C19H21NO.C2H6/c21-19(18-9-5-2-6-10-18)20-13-11-17(12-14-20)15-16-7-3-1-4-8-16;1-2/h1-10,17H,11-15H2;1-2H3. The van der Waals surface area contributed by atoms with Crippen molar-refractivity contribution in [1.82, 2.24) is 4.90 Å². The van der Waals surface area contributed by atoms with E-state index in [1.807, 2.05) is 49.1 Å². The van der Waals surface area contributed by atoms with Crippen LogP contribution in [-0.2, 0) is 6.42 Å². The molecule has 1 aliphatic heterocycles. The molecule has 0 N–H and O–H groups in total. The largest absolute Gasteiger partial charge is 0.339 e. The minimum atomic E-state index is 0.175. The third-order valence-electron chi connectivity index (χ3n) is 4.29. The van der Waals surface area contributed by atoms with Crippen LogP contribution in [0.15, 0.2) is 60.7 Å². The van der Waals surface area contributed by atoms with Crippen molar-refractivity contribution in [2.45, 2.75) is 33.1 Å². The Bertz CT molecular complexity index is 571. The number of benzene rings is 2. The van der Waals surface area contributed by atoms with Crippen LogP contribution in [0.2, 0.25) is 0 Å². The first-order valence-electron chi connectivity index (χ1n) is 8.71. The molecule has 3 rings (SSSR count). The van der Waals surface area contributed by atoms with E-state index >= 15 is 0 Å². The average Bonchev–Trinajstić information content (AvgIpc) is 2.65. The van der Waals surface area contributed by atoms with Gasteiger partial charge < -0.3 is 4.90 Å². The minimum Gasteiger partial charge on any atom is -0.339 e. The molecule has 2 nitrogen and oxygen atoms in total. The van der Waals surface area contributed by atoms with Gasteiger partial charge in [0.05, 0.1) is 0 Å². The van der Waals surface area contributed by atoms with Crippen LogP contribution >= 0.6 is 0 Å². The SMILES string of the molecule is CC.O=C(c1ccccc1)N1CCC(Cc2ccccc2)CC1. The van der Waals surface area contributed by atoms with Crippen LogP contribution in [0.25, 0.3) is 0 Å². The highest BCUT2D eigenvalue weighted by molar-refractivity contribution is 5.94. The van der Waals surface area contributed by atoms with Gasteiger partial charge in [0.2, 0.25) is 0 Å². The molecule has 1 saturated heterocycles. The summed E-state index contributed by atoms with van der Waals surface area (Å²) in [5.74, 6) is 0.876. The van der Waals surface area contributed by atoms with Gasteiger partial charge in [0.25, 0.3) is 5.91 Å². The van der Waals surface area contributed by atoms with E-state index in [1.54, 1.807) is 0 Å². The molecule has 1 amide bonds. The minimum absolute atomic E-state index is 0.175. The Balaban J connectivity index is 0.000000924. The molecule has 23 heavy (non-hydrogen) atoms. The number of hydrogen-bond acceptors (Lipinski definition) is 1. The molecule has 0 aromatic heterocycles. The lowest BCUT2D eigenvalue weighted by Crippen LogP contribution is -2.38. The summed E-state index contributed by atoms with van der Waals surface area (Å²) in [6.07, 6.45) is 3.34. The number of carbonyl (C=O) groups excluding carboxylic acids is 1. The van der Waals surface area contributed by atoms with Crippen molar-refractivity contribution >= 4 is 5.91 Å². The lowest BCUT2D eigenvalue weighted by atomic mass is 9.90. The second kappa shape index (κ2) is 9.14. The van der Waals surface area contributed by atoms with E-state index in [1.165, 1.54) is 5.56 Å². The van der Waals surface area contributed by atoms with Crippen molar-refractivity contribution in [3.8, 4) is 0 Å². The van der Waals surface area contributed by atoms with Gasteiger partial charge in [-0.2, -0.15) is 0 Å². The Labute approximate surface area is 140 Å². The topological polar surface area (TPSA) is 20.3 Å². The first-order valence-corrected chi connectivity index (χ1v) is 8.71. The van der Waals surface area contributed by atoms with Gasteiger partial charge in [0, 0.05) is 18.7 Å². The fraction of sp³-hybridized carbons (Fsp3) is 0.381. The van der Waals surface area contributed by atoms with Gasteiger partial charge in [-0.15, -0.1) is 0 Å². The highest BCUT2D eigenvalue weighted by Gasteiger charge is 2.23. The van der Waals surface area contributed by atoms with Crippen molar-refractivity contribution in [2.75, 3.05) is 13.1 Å². The van der Waals surface area contributed by atoms with Crippen LogP contribution in [0.4, 0.5) is 0 Å². The zero-order valence-electron chi connectivity index (χ0n) is 14.2. The maximum atomic E-state index is 12.4. The van der Waals surface area contributed by atoms with E-state index in [0.29, 0.717) is 5.92 Å². The lowest BCUT2D eigenvalue weighted by molar-refractivity contribution is 0.0690. The summed E-state index contributed by atoms with van der Waals surface area (Å²) >= 11 is 0. The summed E-state index contributed by atoms with van der Waals surface area (Å²) < 4.78 is 0. The average molecular weight is 309 g/mol. The number of hydrogen-bond donors (Lipinski definition) is 0. The molecule has 0 radical (unpaired) electrons. The molecule has 1 fully saturated rings. The quantitative estimate of drug-likeness (QED) is 0.797. The van der Waals surface area contributed by atoms with Crippen LogP contribution < -0.4 is 0 Å². The van der Waals surface area contributed by atoms with Crippen molar-refractivity contribution in [3.05, 3.63) is 71.8 Å². The van der Waals surface area contributed by atoms with E-state index in [9.17, 15) is 4.79 Å². The van der Waals surface area contributed by atoms with Crippen LogP contribution in [0.1, 0.15) is 42.6 Å². The van der Waals surface area contributed by atoms with Crippen molar-refractivity contribution < 1.29 is 4.79 Å². The molecule has 0 spiro atoms. The molecule has 0 saturated carbocycles. The summed E-state index contributed by atoms with van der Waals surface area (Å²) in [4.78, 5) is 14.4. The number of nitrogens with zero attached hydrogens (tertiary/aromatic N) is 1. The third kappa shape index (κ3) is 4.95. The Morgan fingerprint density at radius 2 is 1.43 bits per heavy atom. The van der Waals surface area contributed by atoms with Crippen molar-refractivity contribution in [3.63, 3.8) is 0 Å². The van der Waals surface area contributed by atoms with Crippen molar-refractivity contribution in [1.29, 1.82) is 0 Å². The summed E-state index contributed by atoms with van der Waals surface area (Å²) in [6.45, 7) is 5.76. The van der Waals surface area contributed by atoms with E-state index in [-0.39, 0.29) is 5.91 Å². The van der Waals surface area contributed by atoms with E-state index in [4.69, 9.17) is 0 Å². The third-order valence-corrected chi connectivity index (χ3v) is 4.29. The molecule has 1 heterocycles. The van der Waals surface area contributed by atoms with Crippen molar-refractivity contribution in [2.24, 2.45) is 5.92 Å². The number of rotatable bonds is 3. The van der Waals surface area contributed by atoms with Crippen LogP contribution in [0.5, 0.6) is 0 Å². The van der Waals surface area contributed by atoms with Gasteiger partial charge >= 0.3 is 0 Å². The van der Waals surface area contributed by atoms with Gasteiger partial charge in [-0.1, -0.05) is 62.4 Å². The van der Waals surface area contributed by atoms with Gasteiger partial charge in [0.15, 0.2) is 0 Å². The maximum Gasteiger partial charge on any atom is 0.253 e. The van der Waals surface area contributed by atoms with Gasteiger partial charge in [-0.05, 0) is 42.9 Å². The molecule has 0 atom stereocenters. The number of likely N-dealkylation sites (tertiary alicyclic amines) is 1. The van der Waals surface area contributed by atoms with Crippen LogP contribution in [0, 0.1) is 5.92 Å². The molecule has 122 valence electrons. The van der Waals surface area contributed by atoms with Crippen LogP contribution in [0.3, 0.4) is 0 Å².